The summed E-state index contributed by atoms with van der Waals surface area (Å²) in [7, 11) is 0. The largest absolute Gasteiger partial charge is 0.462 e. The highest BCUT2D eigenvalue weighted by Crippen LogP contribution is 2.15. The first kappa shape index (κ1) is 61.3. The van der Waals surface area contributed by atoms with Crippen molar-refractivity contribution in [1.82, 2.24) is 0 Å². The molecule has 0 spiro atoms. The van der Waals surface area contributed by atoms with Gasteiger partial charge in [-0.1, -0.05) is 253 Å². The Morgan fingerprint density at radius 3 is 1.12 bits per heavy atom. The van der Waals surface area contributed by atoms with Gasteiger partial charge in [0, 0.05) is 19.3 Å². The van der Waals surface area contributed by atoms with Crippen molar-refractivity contribution in [2.24, 2.45) is 0 Å². The Morgan fingerprint density at radius 2 is 0.677 bits per heavy atom. The van der Waals surface area contributed by atoms with E-state index in [0.29, 0.717) is 19.3 Å². The number of carbonyl (C=O) groups excluding carboxylic acids is 3. The molecular formula is C59H98O6. The number of unbranched alkanes of at least 4 members (excludes halogenated alkanes) is 25. The molecule has 6 nitrogen and oxygen atoms in total. The molecule has 0 N–H and O–H groups in total. The lowest BCUT2D eigenvalue weighted by Gasteiger charge is -2.18. The third kappa shape index (κ3) is 51.2. The van der Waals surface area contributed by atoms with Crippen LogP contribution in [0, 0.1) is 0 Å². The van der Waals surface area contributed by atoms with Gasteiger partial charge >= 0.3 is 17.9 Å². The zero-order valence-corrected chi connectivity index (χ0v) is 42.2. The van der Waals surface area contributed by atoms with Crippen molar-refractivity contribution < 1.29 is 28.6 Å². The summed E-state index contributed by atoms with van der Waals surface area (Å²) in [4.78, 5) is 38.1. The first-order chi connectivity index (χ1) is 32.0. The van der Waals surface area contributed by atoms with Crippen LogP contribution in [0.15, 0.2) is 97.2 Å². The number of allylic oxidation sites excluding steroid dienone is 16. The number of rotatable bonds is 47. The molecule has 0 saturated carbocycles. The molecule has 0 amide bonds. The smallest absolute Gasteiger partial charge is 0.306 e. The third-order valence-electron chi connectivity index (χ3n) is 11.2. The van der Waals surface area contributed by atoms with E-state index in [1.807, 2.05) is 60.8 Å². The molecule has 370 valence electrons. The van der Waals surface area contributed by atoms with Crippen molar-refractivity contribution in [1.29, 1.82) is 0 Å². The van der Waals surface area contributed by atoms with Gasteiger partial charge in [-0.3, -0.25) is 14.4 Å². The third-order valence-corrected chi connectivity index (χ3v) is 11.2. The van der Waals surface area contributed by atoms with E-state index in [1.165, 1.54) is 109 Å². The minimum Gasteiger partial charge on any atom is -0.462 e. The molecule has 6 heteroatoms. The van der Waals surface area contributed by atoms with Gasteiger partial charge in [-0.15, -0.1) is 0 Å². The maximum Gasteiger partial charge on any atom is 0.306 e. The van der Waals surface area contributed by atoms with Crippen LogP contribution in [0.25, 0.3) is 0 Å². The van der Waals surface area contributed by atoms with Gasteiger partial charge < -0.3 is 14.2 Å². The SMILES string of the molecule is CC\C=C/C=C\C=C/C=C\C=C\C=C/CCCCCC(=O)OCC(COC(=O)CCCCCCCCC/C=C\C/C=C\CC)OC(=O)CCCCCCCCCCCCCCCCCC. The standard InChI is InChI=1S/C59H98O6/c1-4-7-10-13-16-19-22-25-28-30-32-34-37-40-43-46-49-52-58(61)64-55-56(54-63-57(60)51-48-45-42-39-36-33-27-24-21-18-15-12-9-6-3)65-59(62)53-50-47-44-41-38-35-31-29-26-23-20-17-14-11-8-5-2/h7,9-10,12-13,16,18-19,21-22,25,28,30,32,34,37,56H,4-6,8,11,14-15,17,20,23-24,26-27,29,31,33,35-36,38-55H2,1-3H3/b10-7-,12-9-,16-13-,21-18-,22-19-,28-25-,32-30+,37-34-. The lowest BCUT2D eigenvalue weighted by Crippen LogP contribution is -2.30. The first-order valence-electron chi connectivity index (χ1n) is 26.8. The van der Waals surface area contributed by atoms with E-state index in [9.17, 15) is 14.4 Å². The maximum atomic E-state index is 12.8. The summed E-state index contributed by atoms with van der Waals surface area (Å²) < 4.78 is 16.8. The maximum absolute atomic E-state index is 12.8. The summed E-state index contributed by atoms with van der Waals surface area (Å²) in [5.41, 5.74) is 0. The quantitative estimate of drug-likeness (QED) is 0.0199. The Kier molecular flexibility index (Phi) is 50.0. The zero-order chi connectivity index (χ0) is 47.2. The summed E-state index contributed by atoms with van der Waals surface area (Å²) in [5.74, 6) is -0.946. The number of esters is 3. The normalized spacial score (nSPS) is 12.8. The highest BCUT2D eigenvalue weighted by Gasteiger charge is 2.19. The molecule has 0 fully saturated rings. The van der Waals surface area contributed by atoms with Crippen LogP contribution in [-0.4, -0.2) is 37.2 Å². The van der Waals surface area contributed by atoms with Crippen LogP contribution in [0.3, 0.4) is 0 Å². The van der Waals surface area contributed by atoms with Crippen LogP contribution in [0.2, 0.25) is 0 Å². The second-order valence-corrected chi connectivity index (χ2v) is 17.5. The Balaban J connectivity index is 4.48. The number of ether oxygens (including phenoxy) is 3. The van der Waals surface area contributed by atoms with Crippen molar-refractivity contribution >= 4 is 17.9 Å². The van der Waals surface area contributed by atoms with Gasteiger partial charge in [0.05, 0.1) is 0 Å². The molecule has 1 unspecified atom stereocenters. The highest BCUT2D eigenvalue weighted by molar-refractivity contribution is 5.71. The second kappa shape index (κ2) is 52.9. The molecule has 0 aromatic rings. The number of hydrogen-bond donors (Lipinski definition) is 0. The molecule has 0 aliphatic rings. The fourth-order valence-electron chi connectivity index (χ4n) is 7.28. The van der Waals surface area contributed by atoms with Gasteiger partial charge in [-0.2, -0.15) is 0 Å². The number of hydrogen-bond acceptors (Lipinski definition) is 6. The molecule has 0 aromatic carbocycles. The fourth-order valence-corrected chi connectivity index (χ4v) is 7.28. The molecule has 0 bridgehead atoms. The van der Waals surface area contributed by atoms with Crippen molar-refractivity contribution in [3.63, 3.8) is 0 Å². The van der Waals surface area contributed by atoms with Crippen molar-refractivity contribution in [3.8, 4) is 0 Å². The van der Waals surface area contributed by atoms with E-state index in [1.54, 1.807) is 0 Å². The van der Waals surface area contributed by atoms with Gasteiger partial charge in [0.25, 0.3) is 0 Å². The van der Waals surface area contributed by atoms with E-state index in [4.69, 9.17) is 14.2 Å². The van der Waals surface area contributed by atoms with Crippen LogP contribution in [0.5, 0.6) is 0 Å². The van der Waals surface area contributed by atoms with E-state index in [-0.39, 0.29) is 31.1 Å². The molecule has 0 aromatic heterocycles. The van der Waals surface area contributed by atoms with Crippen molar-refractivity contribution in [3.05, 3.63) is 97.2 Å². The molecule has 0 aliphatic carbocycles. The van der Waals surface area contributed by atoms with Gasteiger partial charge in [-0.25, -0.2) is 0 Å². The van der Waals surface area contributed by atoms with Crippen LogP contribution >= 0.6 is 0 Å². The molecule has 0 saturated heterocycles. The molecule has 1 atom stereocenters. The number of carbonyl (C=O) groups is 3. The van der Waals surface area contributed by atoms with E-state index in [2.05, 4.69) is 57.2 Å². The van der Waals surface area contributed by atoms with Gasteiger partial charge in [0.1, 0.15) is 13.2 Å². The van der Waals surface area contributed by atoms with Gasteiger partial charge in [0.15, 0.2) is 6.10 Å². The van der Waals surface area contributed by atoms with Crippen LogP contribution in [-0.2, 0) is 28.6 Å². The monoisotopic (exact) mass is 903 g/mol. The Labute approximate surface area is 400 Å². The van der Waals surface area contributed by atoms with Crippen molar-refractivity contribution in [2.75, 3.05) is 13.2 Å². The van der Waals surface area contributed by atoms with E-state index >= 15 is 0 Å². The zero-order valence-electron chi connectivity index (χ0n) is 42.2. The Morgan fingerprint density at radius 1 is 0.338 bits per heavy atom. The summed E-state index contributed by atoms with van der Waals surface area (Å²) >= 11 is 0. The van der Waals surface area contributed by atoms with E-state index < -0.39 is 6.10 Å². The van der Waals surface area contributed by atoms with Crippen LogP contribution in [0.4, 0.5) is 0 Å². The Bertz CT molecular complexity index is 1310. The summed E-state index contributed by atoms with van der Waals surface area (Å²) in [5, 5.41) is 0. The van der Waals surface area contributed by atoms with Crippen molar-refractivity contribution in [2.45, 2.75) is 245 Å². The first-order valence-corrected chi connectivity index (χ1v) is 26.8. The fraction of sp³-hybridized carbons (Fsp3) is 0.678. The topological polar surface area (TPSA) is 78.9 Å². The molecule has 0 radical (unpaired) electrons. The lowest BCUT2D eigenvalue weighted by atomic mass is 10.0. The molecule has 65 heavy (non-hydrogen) atoms. The molecule has 0 rings (SSSR count). The Hall–Kier alpha value is -3.67. The van der Waals surface area contributed by atoms with Crippen LogP contribution in [0.1, 0.15) is 239 Å². The average molecular weight is 903 g/mol. The highest BCUT2D eigenvalue weighted by atomic mass is 16.6. The molecule has 0 aliphatic heterocycles. The predicted molar refractivity (Wildman–Crippen MR) is 279 cm³/mol. The minimum absolute atomic E-state index is 0.0955. The lowest BCUT2D eigenvalue weighted by molar-refractivity contribution is -0.167. The predicted octanol–water partition coefficient (Wildman–Crippen LogP) is 17.8. The minimum atomic E-state index is -0.798. The van der Waals surface area contributed by atoms with Crippen LogP contribution < -0.4 is 0 Å². The average Bonchev–Trinajstić information content (AvgIpc) is 3.30. The summed E-state index contributed by atoms with van der Waals surface area (Å²) in [6.07, 6.45) is 69.6. The summed E-state index contributed by atoms with van der Waals surface area (Å²) in [6.45, 7) is 6.35. The molecule has 0 heterocycles. The molecular weight excluding hydrogens is 805 g/mol. The van der Waals surface area contributed by atoms with Gasteiger partial charge in [0.2, 0.25) is 0 Å². The van der Waals surface area contributed by atoms with Gasteiger partial charge in [-0.05, 0) is 64.2 Å². The van der Waals surface area contributed by atoms with E-state index in [0.717, 1.165) is 89.9 Å². The second-order valence-electron chi connectivity index (χ2n) is 17.5. The summed E-state index contributed by atoms with van der Waals surface area (Å²) in [6, 6.07) is 0.